The standard InChI is InChI=1S/C18H14Cl2F2N2O2/c19-10-2-1-9(6-11(10)20)24-18(25)16-13-7-12(21)17(26-13)15(16)8-3-4-23-14(22)5-8/h1-6,12-13,15-17H,7H2,(H,24,25)/t12-,13+,15+,16+,17-/m0/s1. The molecular formula is C18H14Cl2F2N2O2. The molecule has 136 valence electrons. The number of anilines is 1. The van der Waals surface area contributed by atoms with Crippen LogP contribution in [0, 0.1) is 11.9 Å². The summed E-state index contributed by atoms with van der Waals surface area (Å²) in [7, 11) is 0. The molecular weight excluding hydrogens is 385 g/mol. The highest BCUT2D eigenvalue weighted by Crippen LogP contribution is 2.50. The van der Waals surface area contributed by atoms with E-state index in [0.717, 1.165) is 0 Å². The topological polar surface area (TPSA) is 51.2 Å². The van der Waals surface area contributed by atoms with Crippen LogP contribution in [0.4, 0.5) is 14.5 Å². The summed E-state index contributed by atoms with van der Waals surface area (Å²) < 4.78 is 33.4. The minimum Gasteiger partial charge on any atom is -0.370 e. The monoisotopic (exact) mass is 398 g/mol. The lowest BCUT2D eigenvalue weighted by Crippen LogP contribution is -2.39. The molecule has 2 aliphatic heterocycles. The van der Waals surface area contributed by atoms with Crippen molar-refractivity contribution >= 4 is 34.8 Å². The maximum atomic E-state index is 14.2. The number of carbonyl (C=O) groups is 1. The number of aromatic nitrogens is 1. The van der Waals surface area contributed by atoms with Gasteiger partial charge < -0.3 is 10.1 Å². The first kappa shape index (κ1) is 17.6. The van der Waals surface area contributed by atoms with Crippen LogP contribution >= 0.6 is 23.2 Å². The van der Waals surface area contributed by atoms with Crippen LogP contribution in [0.3, 0.4) is 0 Å². The number of pyridine rings is 1. The van der Waals surface area contributed by atoms with Crippen molar-refractivity contribution in [2.75, 3.05) is 5.32 Å². The van der Waals surface area contributed by atoms with Gasteiger partial charge in [-0.3, -0.25) is 4.79 Å². The molecule has 1 aromatic carbocycles. The quantitative estimate of drug-likeness (QED) is 0.780. The number of rotatable bonds is 3. The molecule has 2 saturated heterocycles. The van der Waals surface area contributed by atoms with Crippen molar-refractivity contribution < 1.29 is 18.3 Å². The molecule has 8 heteroatoms. The summed E-state index contributed by atoms with van der Waals surface area (Å²) in [6, 6.07) is 7.54. The van der Waals surface area contributed by atoms with E-state index in [2.05, 4.69) is 10.3 Å². The molecule has 26 heavy (non-hydrogen) atoms. The molecule has 4 rings (SSSR count). The molecule has 2 bridgehead atoms. The molecule has 5 atom stereocenters. The summed E-state index contributed by atoms with van der Waals surface area (Å²) in [5, 5.41) is 3.46. The predicted molar refractivity (Wildman–Crippen MR) is 93.7 cm³/mol. The number of ether oxygens (including phenoxy) is 1. The Balaban J connectivity index is 1.62. The van der Waals surface area contributed by atoms with E-state index in [9.17, 15) is 13.6 Å². The van der Waals surface area contributed by atoms with Gasteiger partial charge in [0.25, 0.3) is 0 Å². The third-order valence-electron chi connectivity index (χ3n) is 4.91. The number of amides is 1. The number of fused-ring (bicyclic) bond motifs is 2. The van der Waals surface area contributed by atoms with Gasteiger partial charge in [-0.25, -0.2) is 9.37 Å². The van der Waals surface area contributed by atoms with E-state index in [1.807, 2.05) is 0 Å². The molecule has 1 N–H and O–H groups in total. The summed E-state index contributed by atoms with van der Waals surface area (Å²) in [6.07, 6.45) is -1.06. The van der Waals surface area contributed by atoms with E-state index < -0.39 is 36.2 Å². The highest BCUT2D eigenvalue weighted by molar-refractivity contribution is 6.42. The lowest BCUT2D eigenvalue weighted by molar-refractivity contribution is -0.121. The first-order valence-electron chi connectivity index (χ1n) is 8.11. The van der Waals surface area contributed by atoms with Gasteiger partial charge in [0.05, 0.1) is 28.2 Å². The van der Waals surface area contributed by atoms with Gasteiger partial charge in [0.2, 0.25) is 11.9 Å². The Hall–Kier alpha value is -1.76. The first-order valence-corrected chi connectivity index (χ1v) is 8.86. The summed E-state index contributed by atoms with van der Waals surface area (Å²) >= 11 is 11.9. The number of alkyl halides is 1. The normalized spacial score (nSPS) is 29.8. The van der Waals surface area contributed by atoms with Crippen LogP contribution in [0.2, 0.25) is 10.0 Å². The average Bonchev–Trinajstić information content (AvgIpc) is 3.15. The lowest BCUT2D eigenvalue weighted by atomic mass is 9.74. The van der Waals surface area contributed by atoms with Gasteiger partial charge in [-0.05, 0) is 35.9 Å². The maximum absolute atomic E-state index is 14.2. The van der Waals surface area contributed by atoms with Crippen LogP contribution in [-0.4, -0.2) is 29.3 Å². The fraction of sp³-hybridized carbons (Fsp3) is 0.333. The molecule has 0 saturated carbocycles. The Morgan fingerprint density at radius 1 is 1.23 bits per heavy atom. The van der Waals surface area contributed by atoms with Gasteiger partial charge in [0, 0.05) is 24.2 Å². The van der Waals surface area contributed by atoms with Crippen molar-refractivity contribution in [2.45, 2.75) is 30.7 Å². The van der Waals surface area contributed by atoms with Crippen molar-refractivity contribution in [3.05, 3.63) is 58.1 Å². The van der Waals surface area contributed by atoms with Crippen molar-refractivity contribution in [1.82, 2.24) is 4.98 Å². The molecule has 0 unspecified atom stereocenters. The fourth-order valence-corrected chi connectivity index (χ4v) is 4.13. The Bertz CT molecular complexity index is 867. The molecule has 2 aliphatic rings. The second kappa shape index (κ2) is 6.76. The molecule has 3 heterocycles. The van der Waals surface area contributed by atoms with E-state index in [-0.39, 0.29) is 12.3 Å². The predicted octanol–water partition coefficient (Wildman–Crippen LogP) is 4.38. The Labute approximate surface area is 158 Å². The van der Waals surface area contributed by atoms with Gasteiger partial charge in [0.1, 0.15) is 6.17 Å². The van der Waals surface area contributed by atoms with Crippen molar-refractivity contribution in [3.8, 4) is 0 Å². The minimum absolute atomic E-state index is 0.147. The minimum atomic E-state index is -1.18. The number of nitrogens with zero attached hydrogens (tertiary/aromatic N) is 1. The third kappa shape index (κ3) is 3.06. The average molecular weight is 399 g/mol. The van der Waals surface area contributed by atoms with E-state index in [0.29, 0.717) is 21.3 Å². The molecule has 0 radical (unpaired) electrons. The van der Waals surface area contributed by atoms with Gasteiger partial charge in [-0.15, -0.1) is 0 Å². The SMILES string of the molecule is O=C(Nc1ccc(Cl)c(Cl)c1)[C@H]1[C@@H](c2ccnc(F)c2)[C@H]2O[C@@H]1C[C@@H]2F. The molecule has 4 nitrogen and oxygen atoms in total. The van der Waals surface area contributed by atoms with Crippen LogP contribution in [0.5, 0.6) is 0 Å². The third-order valence-corrected chi connectivity index (χ3v) is 5.65. The summed E-state index contributed by atoms with van der Waals surface area (Å²) in [5.41, 5.74) is 0.977. The zero-order valence-electron chi connectivity index (χ0n) is 13.3. The van der Waals surface area contributed by atoms with E-state index >= 15 is 0 Å². The summed E-state index contributed by atoms with van der Waals surface area (Å²) in [5.74, 6) is -2.22. The molecule has 2 fully saturated rings. The highest BCUT2D eigenvalue weighted by atomic mass is 35.5. The number of halogens is 4. The number of hydrogen-bond acceptors (Lipinski definition) is 3. The van der Waals surface area contributed by atoms with Crippen LogP contribution in [0.25, 0.3) is 0 Å². The van der Waals surface area contributed by atoms with Crippen molar-refractivity contribution in [3.63, 3.8) is 0 Å². The molecule has 0 aliphatic carbocycles. The van der Waals surface area contributed by atoms with E-state index in [1.165, 1.54) is 18.3 Å². The maximum Gasteiger partial charge on any atom is 0.230 e. The highest BCUT2D eigenvalue weighted by Gasteiger charge is 2.57. The first-order chi connectivity index (χ1) is 12.4. The molecule has 1 aromatic heterocycles. The van der Waals surface area contributed by atoms with Gasteiger partial charge >= 0.3 is 0 Å². The fourth-order valence-electron chi connectivity index (χ4n) is 3.83. The van der Waals surface area contributed by atoms with Crippen LogP contribution in [0.15, 0.2) is 36.5 Å². The number of hydrogen-bond donors (Lipinski definition) is 1. The van der Waals surface area contributed by atoms with Crippen molar-refractivity contribution in [1.29, 1.82) is 0 Å². The van der Waals surface area contributed by atoms with E-state index in [4.69, 9.17) is 27.9 Å². The Kier molecular flexibility index (Phi) is 4.59. The lowest BCUT2D eigenvalue weighted by Gasteiger charge is -2.29. The molecule has 1 amide bonds. The van der Waals surface area contributed by atoms with E-state index in [1.54, 1.807) is 18.2 Å². The van der Waals surface area contributed by atoms with Gasteiger partial charge in [-0.1, -0.05) is 23.2 Å². The second-order valence-electron chi connectivity index (χ2n) is 6.47. The number of benzene rings is 1. The molecule has 2 aromatic rings. The zero-order chi connectivity index (χ0) is 18.4. The summed E-state index contributed by atoms with van der Waals surface area (Å²) in [6.45, 7) is 0. The number of carbonyl (C=O) groups excluding carboxylic acids is 1. The van der Waals surface area contributed by atoms with Gasteiger partial charge in [0.15, 0.2) is 0 Å². The smallest absolute Gasteiger partial charge is 0.230 e. The Morgan fingerprint density at radius 3 is 2.77 bits per heavy atom. The molecule has 0 spiro atoms. The second-order valence-corrected chi connectivity index (χ2v) is 7.29. The van der Waals surface area contributed by atoms with Gasteiger partial charge in [-0.2, -0.15) is 4.39 Å². The van der Waals surface area contributed by atoms with Crippen LogP contribution < -0.4 is 5.32 Å². The van der Waals surface area contributed by atoms with Crippen LogP contribution in [-0.2, 0) is 9.53 Å². The summed E-state index contributed by atoms with van der Waals surface area (Å²) in [4.78, 5) is 16.4. The van der Waals surface area contributed by atoms with Crippen LogP contribution in [0.1, 0.15) is 17.9 Å². The number of nitrogens with one attached hydrogen (secondary N) is 1. The Morgan fingerprint density at radius 2 is 2.04 bits per heavy atom. The largest absolute Gasteiger partial charge is 0.370 e. The zero-order valence-corrected chi connectivity index (χ0v) is 14.8. The van der Waals surface area contributed by atoms with Crippen molar-refractivity contribution in [2.24, 2.45) is 5.92 Å².